The summed E-state index contributed by atoms with van der Waals surface area (Å²) in [5.74, 6) is 0.859. The number of rotatable bonds is 5. The van der Waals surface area contributed by atoms with Gasteiger partial charge in [0.25, 0.3) is 5.91 Å². The number of carbonyl (C=O) groups is 1. The third-order valence-corrected chi connectivity index (χ3v) is 6.43. The lowest BCUT2D eigenvalue weighted by atomic mass is 10.1. The van der Waals surface area contributed by atoms with Crippen molar-refractivity contribution in [3.63, 3.8) is 0 Å². The highest BCUT2D eigenvalue weighted by molar-refractivity contribution is 9.10. The molecule has 4 aromatic rings. The molecule has 4 rings (SSSR count). The van der Waals surface area contributed by atoms with E-state index in [1.54, 1.807) is 6.07 Å². The van der Waals surface area contributed by atoms with Crippen LogP contribution in [0.3, 0.4) is 0 Å². The van der Waals surface area contributed by atoms with Gasteiger partial charge in [-0.05, 0) is 70.1 Å². The average molecular weight is 516 g/mol. The molecule has 0 radical (unpaired) electrons. The third kappa shape index (κ3) is 4.48. The second-order valence-electron chi connectivity index (χ2n) is 6.48. The number of ether oxygens (including phenoxy) is 2. The maximum absolute atomic E-state index is 12.9. The van der Waals surface area contributed by atoms with Gasteiger partial charge in [-0.15, -0.1) is 0 Å². The normalized spacial score (nSPS) is 10.8. The number of nitrogens with zero attached hydrogens (tertiary/aromatic N) is 1. The molecule has 3 aromatic carbocycles. The Labute approximate surface area is 196 Å². The topological polar surface area (TPSA) is 72.5 Å². The Morgan fingerprint density at radius 3 is 2.81 bits per heavy atom. The molecule has 0 unspecified atom stereocenters. The van der Waals surface area contributed by atoms with Crippen LogP contribution in [0.2, 0.25) is 0 Å². The fraction of sp³-hybridized carbons (Fsp3) is 0.136. The lowest BCUT2D eigenvalue weighted by molar-refractivity contribution is 0.0975. The Hall–Kier alpha value is -2.75. The maximum atomic E-state index is 12.9. The summed E-state index contributed by atoms with van der Waals surface area (Å²) in [5, 5.41) is 8.30. The molecule has 1 aromatic heterocycles. The van der Waals surface area contributed by atoms with Crippen molar-refractivity contribution in [1.29, 1.82) is 0 Å². The van der Waals surface area contributed by atoms with Crippen LogP contribution in [0, 0.1) is 0 Å². The van der Waals surface area contributed by atoms with Crippen LogP contribution < -0.4 is 20.1 Å². The number of anilines is 1. The van der Waals surface area contributed by atoms with Gasteiger partial charge in [0, 0.05) is 0 Å². The van der Waals surface area contributed by atoms with Crippen molar-refractivity contribution >= 4 is 76.6 Å². The Kier molecular flexibility index (Phi) is 6.35. The van der Waals surface area contributed by atoms with Crippen LogP contribution in [0.25, 0.3) is 21.0 Å². The van der Waals surface area contributed by atoms with E-state index in [9.17, 15) is 4.79 Å². The lowest BCUT2D eigenvalue weighted by Gasteiger charge is -2.14. The summed E-state index contributed by atoms with van der Waals surface area (Å²) in [6.45, 7) is 2.54. The van der Waals surface area contributed by atoms with Gasteiger partial charge in [-0.1, -0.05) is 35.6 Å². The molecule has 1 heterocycles. The van der Waals surface area contributed by atoms with Crippen molar-refractivity contribution in [2.24, 2.45) is 0 Å². The summed E-state index contributed by atoms with van der Waals surface area (Å²) >= 11 is 10.3. The second kappa shape index (κ2) is 9.17. The van der Waals surface area contributed by atoms with Crippen molar-refractivity contribution in [1.82, 2.24) is 10.3 Å². The first-order chi connectivity index (χ1) is 15.0. The Morgan fingerprint density at radius 1 is 1.23 bits per heavy atom. The van der Waals surface area contributed by atoms with E-state index >= 15 is 0 Å². The first-order valence-electron chi connectivity index (χ1n) is 9.41. The van der Waals surface area contributed by atoms with E-state index in [4.69, 9.17) is 21.7 Å². The van der Waals surface area contributed by atoms with E-state index in [2.05, 4.69) is 31.5 Å². The van der Waals surface area contributed by atoms with E-state index in [1.807, 2.05) is 49.4 Å². The van der Waals surface area contributed by atoms with Gasteiger partial charge in [0.15, 0.2) is 10.2 Å². The summed E-state index contributed by atoms with van der Waals surface area (Å²) < 4.78 is 12.7. The summed E-state index contributed by atoms with van der Waals surface area (Å²) in [7, 11) is 1.53. The van der Waals surface area contributed by atoms with E-state index in [1.165, 1.54) is 18.4 Å². The number of thiazole rings is 1. The van der Waals surface area contributed by atoms with E-state index in [0.717, 1.165) is 26.7 Å². The highest BCUT2D eigenvalue weighted by Crippen LogP contribution is 2.36. The summed E-state index contributed by atoms with van der Waals surface area (Å²) in [4.78, 5) is 17.4. The minimum Gasteiger partial charge on any atom is -0.495 e. The molecule has 2 N–H and O–H groups in total. The molecular weight excluding hydrogens is 498 g/mol. The van der Waals surface area contributed by atoms with Crippen LogP contribution in [-0.2, 0) is 0 Å². The van der Waals surface area contributed by atoms with Gasteiger partial charge in [0.05, 0.1) is 34.0 Å². The molecule has 9 heteroatoms. The molecule has 0 aliphatic heterocycles. The van der Waals surface area contributed by atoms with Gasteiger partial charge in [0.2, 0.25) is 0 Å². The number of amides is 1. The number of thiocarbonyl (C=S) groups is 1. The number of nitrogens with one attached hydrogen (secondary N) is 2. The number of carbonyl (C=O) groups excluding carboxylic acids is 1. The SMILES string of the molecule is CCOc1ccc2nc(NC(=S)NC(=O)c3cc4ccccc4c(Br)c3OC)sc2c1. The van der Waals surface area contributed by atoms with Crippen LogP contribution in [0.4, 0.5) is 5.13 Å². The molecule has 31 heavy (non-hydrogen) atoms. The predicted molar refractivity (Wildman–Crippen MR) is 133 cm³/mol. The molecule has 0 saturated heterocycles. The minimum absolute atomic E-state index is 0.153. The molecule has 6 nitrogen and oxygen atoms in total. The van der Waals surface area contributed by atoms with Crippen molar-refractivity contribution < 1.29 is 14.3 Å². The summed E-state index contributed by atoms with van der Waals surface area (Å²) in [5.41, 5.74) is 1.20. The Balaban J connectivity index is 1.54. The van der Waals surface area contributed by atoms with Crippen molar-refractivity contribution in [2.75, 3.05) is 19.0 Å². The lowest BCUT2D eigenvalue weighted by Crippen LogP contribution is -2.34. The van der Waals surface area contributed by atoms with Gasteiger partial charge in [-0.3, -0.25) is 10.1 Å². The van der Waals surface area contributed by atoms with Crippen molar-refractivity contribution in [2.45, 2.75) is 6.92 Å². The van der Waals surface area contributed by atoms with Crippen molar-refractivity contribution in [3.8, 4) is 11.5 Å². The van der Waals surface area contributed by atoms with Crippen molar-refractivity contribution in [3.05, 3.63) is 58.6 Å². The van der Waals surface area contributed by atoms with Gasteiger partial charge >= 0.3 is 0 Å². The molecule has 0 atom stereocenters. The second-order valence-corrected chi connectivity index (χ2v) is 8.71. The molecule has 158 valence electrons. The molecule has 0 bridgehead atoms. The zero-order valence-electron chi connectivity index (χ0n) is 16.7. The molecule has 0 saturated carbocycles. The van der Waals surface area contributed by atoms with E-state index in [0.29, 0.717) is 27.5 Å². The van der Waals surface area contributed by atoms with Crippen LogP contribution in [0.5, 0.6) is 11.5 Å². The number of halogens is 1. The minimum atomic E-state index is -0.374. The fourth-order valence-electron chi connectivity index (χ4n) is 3.17. The first-order valence-corrected chi connectivity index (χ1v) is 11.4. The van der Waals surface area contributed by atoms with Gasteiger partial charge in [-0.2, -0.15) is 0 Å². The number of methoxy groups -OCH3 is 1. The highest BCUT2D eigenvalue weighted by Gasteiger charge is 2.19. The zero-order valence-corrected chi connectivity index (χ0v) is 19.9. The van der Waals surface area contributed by atoms with Crippen LogP contribution in [0.15, 0.2) is 53.0 Å². The fourth-order valence-corrected chi connectivity index (χ4v) is 5.06. The highest BCUT2D eigenvalue weighted by atomic mass is 79.9. The quantitative estimate of drug-likeness (QED) is 0.330. The predicted octanol–water partition coefficient (Wildman–Crippen LogP) is 5.75. The monoisotopic (exact) mass is 515 g/mol. The van der Waals surface area contributed by atoms with E-state index in [-0.39, 0.29) is 11.0 Å². The zero-order chi connectivity index (χ0) is 22.0. The van der Waals surface area contributed by atoms with E-state index < -0.39 is 0 Å². The number of aromatic nitrogens is 1. The Bertz CT molecular complexity index is 1310. The molecule has 0 aliphatic rings. The summed E-state index contributed by atoms with van der Waals surface area (Å²) in [6.07, 6.45) is 0. The summed E-state index contributed by atoms with van der Waals surface area (Å²) in [6, 6.07) is 15.2. The maximum Gasteiger partial charge on any atom is 0.261 e. The van der Waals surface area contributed by atoms with Crippen LogP contribution >= 0.6 is 39.5 Å². The molecule has 0 spiro atoms. The van der Waals surface area contributed by atoms with Gasteiger partial charge in [0.1, 0.15) is 11.5 Å². The van der Waals surface area contributed by atoms with Gasteiger partial charge < -0.3 is 14.8 Å². The average Bonchev–Trinajstić information content (AvgIpc) is 3.15. The first kappa shape index (κ1) is 21.5. The third-order valence-electron chi connectivity index (χ3n) is 4.51. The smallest absolute Gasteiger partial charge is 0.261 e. The van der Waals surface area contributed by atoms with Crippen LogP contribution in [0.1, 0.15) is 17.3 Å². The standard InChI is InChI=1S/C22H18BrN3O3S2/c1-3-29-13-8-9-16-17(11-13)31-22(24-16)26-21(30)25-20(27)15-10-12-6-4-5-7-14(12)18(23)19(15)28-2/h4-11H,3H2,1-2H3,(H2,24,25,26,27,30). The van der Waals surface area contributed by atoms with Crippen LogP contribution in [-0.4, -0.2) is 29.7 Å². The number of benzene rings is 3. The number of fused-ring (bicyclic) bond motifs is 2. The molecule has 0 fully saturated rings. The Morgan fingerprint density at radius 2 is 2.03 bits per heavy atom. The molecule has 0 aliphatic carbocycles. The molecule has 1 amide bonds. The van der Waals surface area contributed by atoms with Gasteiger partial charge in [-0.25, -0.2) is 4.98 Å². The largest absolute Gasteiger partial charge is 0.495 e. The number of hydrogen-bond donors (Lipinski definition) is 2. The number of hydrogen-bond acceptors (Lipinski definition) is 6. The molecular formula is C22H18BrN3O3S2.